The van der Waals surface area contributed by atoms with Gasteiger partial charge in [-0.05, 0) is 18.6 Å². The van der Waals surface area contributed by atoms with Crippen molar-refractivity contribution in [1.82, 2.24) is 0 Å². The quantitative estimate of drug-likeness (QED) is 0.198. The van der Waals surface area contributed by atoms with Crippen LogP contribution in [-0.2, 0) is 9.63 Å². The van der Waals surface area contributed by atoms with Crippen LogP contribution in [0.25, 0.3) is 6.08 Å². The Kier molecular flexibility index (Phi) is 6.73. The molecule has 0 aromatic heterocycles. The van der Waals surface area contributed by atoms with Gasteiger partial charge in [0, 0.05) is 23.3 Å². The zero-order valence-electron chi connectivity index (χ0n) is 16.2. The van der Waals surface area contributed by atoms with Crippen LogP contribution in [0.5, 0.6) is 5.75 Å². The Balaban J connectivity index is 1.85. The van der Waals surface area contributed by atoms with Crippen molar-refractivity contribution in [2.75, 3.05) is 6.61 Å². The lowest BCUT2D eigenvalue weighted by molar-refractivity contribution is -0.384. The van der Waals surface area contributed by atoms with Gasteiger partial charge < -0.3 is 9.57 Å². The zero-order valence-corrected chi connectivity index (χ0v) is 16.2. The predicted octanol–water partition coefficient (Wildman–Crippen LogP) is 4.90. The van der Waals surface area contributed by atoms with E-state index in [1.54, 1.807) is 18.2 Å². The van der Waals surface area contributed by atoms with E-state index < -0.39 is 10.9 Å². The number of nitro groups is 1. The lowest BCUT2D eigenvalue weighted by Crippen LogP contribution is -2.07. The normalized spacial score (nSPS) is 14.6. The standard InChI is InChI=1S/C22H22N2O5/c1-2-3-4-7-13-28-20-12-6-5-9-16(20)15-19-21(23-29-22(19)25)17-10-8-11-18(14-17)24(26)27/h5-6,8-12,14-15H,2-4,7,13H2,1H3/b19-15-. The number of unbranched alkanes of at least 4 members (excludes halogenated alkanes) is 3. The molecule has 0 fully saturated rings. The third kappa shape index (κ3) is 5.07. The van der Waals surface area contributed by atoms with Gasteiger partial charge >= 0.3 is 5.97 Å². The molecule has 2 aromatic carbocycles. The maximum atomic E-state index is 12.2. The van der Waals surface area contributed by atoms with Crippen molar-refractivity contribution in [2.24, 2.45) is 5.16 Å². The SMILES string of the molecule is CCCCCCOc1ccccc1/C=C1\C(=O)ON=C1c1cccc([N+](=O)[O-])c1. The minimum atomic E-state index is -0.607. The van der Waals surface area contributed by atoms with E-state index in [-0.39, 0.29) is 17.0 Å². The molecular formula is C22H22N2O5. The van der Waals surface area contributed by atoms with Crippen molar-refractivity contribution in [3.63, 3.8) is 0 Å². The molecular weight excluding hydrogens is 372 g/mol. The highest BCUT2D eigenvalue weighted by atomic mass is 16.7. The van der Waals surface area contributed by atoms with Gasteiger partial charge in [0.25, 0.3) is 5.69 Å². The van der Waals surface area contributed by atoms with E-state index in [4.69, 9.17) is 9.57 Å². The minimum Gasteiger partial charge on any atom is -0.493 e. The van der Waals surface area contributed by atoms with Crippen LogP contribution in [0.3, 0.4) is 0 Å². The fourth-order valence-electron chi connectivity index (χ4n) is 2.98. The highest BCUT2D eigenvalue weighted by Crippen LogP contribution is 2.27. The molecule has 0 atom stereocenters. The average Bonchev–Trinajstić information content (AvgIpc) is 3.09. The molecule has 1 aliphatic rings. The second-order valence-electron chi connectivity index (χ2n) is 6.63. The third-order valence-corrected chi connectivity index (χ3v) is 4.50. The van der Waals surface area contributed by atoms with Gasteiger partial charge in [0.1, 0.15) is 11.5 Å². The van der Waals surface area contributed by atoms with Crippen molar-refractivity contribution in [1.29, 1.82) is 0 Å². The van der Waals surface area contributed by atoms with E-state index in [2.05, 4.69) is 12.1 Å². The molecule has 0 aliphatic carbocycles. The molecule has 0 amide bonds. The third-order valence-electron chi connectivity index (χ3n) is 4.50. The Morgan fingerprint density at radius 2 is 1.97 bits per heavy atom. The fourth-order valence-corrected chi connectivity index (χ4v) is 2.98. The summed E-state index contributed by atoms with van der Waals surface area (Å²) < 4.78 is 5.89. The van der Waals surface area contributed by atoms with E-state index >= 15 is 0 Å². The largest absolute Gasteiger partial charge is 0.493 e. The number of hydrogen-bond acceptors (Lipinski definition) is 6. The molecule has 3 rings (SSSR count). The molecule has 0 saturated carbocycles. The number of hydrogen-bond donors (Lipinski definition) is 0. The molecule has 2 aromatic rings. The number of ether oxygens (including phenoxy) is 1. The van der Waals surface area contributed by atoms with Crippen LogP contribution in [0.2, 0.25) is 0 Å². The van der Waals surface area contributed by atoms with Gasteiger partial charge in [-0.3, -0.25) is 10.1 Å². The van der Waals surface area contributed by atoms with Crippen molar-refractivity contribution in [3.8, 4) is 5.75 Å². The van der Waals surface area contributed by atoms with Gasteiger partial charge in [-0.15, -0.1) is 0 Å². The Morgan fingerprint density at radius 1 is 1.14 bits per heavy atom. The predicted molar refractivity (Wildman–Crippen MR) is 110 cm³/mol. The van der Waals surface area contributed by atoms with Crippen molar-refractivity contribution >= 4 is 23.4 Å². The minimum absolute atomic E-state index is 0.0836. The number of oxime groups is 1. The summed E-state index contributed by atoms with van der Waals surface area (Å²) in [6.45, 7) is 2.75. The van der Waals surface area contributed by atoms with Crippen LogP contribution in [0, 0.1) is 10.1 Å². The molecule has 7 heteroatoms. The summed E-state index contributed by atoms with van der Waals surface area (Å²) in [6.07, 6.45) is 6.04. The monoisotopic (exact) mass is 394 g/mol. The van der Waals surface area contributed by atoms with E-state index in [0.717, 1.165) is 24.8 Å². The molecule has 7 nitrogen and oxygen atoms in total. The summed E-state index contributed by atoms with van der Waals surface area (Å²) in [6, 6.07) is 13.3. The molecule has 0 bridgehead atoms. The van der Waals surface area contributed by atoms with Crippen LogP contribution < -0.4 is 4.74 Å². The van der Waals surface area contributed by atoms with Gasteiger partial charge in [0.15, 0.2) is 0 Å². The van der Waals surface area contributed by atoms with E-state index in [9.17, 15) is 14.9 Å². The average molecular weight is 394 g/mol. The molecule has 0 spiro atoms. The highest BCUT2D eigenvalue weighted by molar-refractivity contribution is 6.31. The number of carbonyl (C=O) groups is 1. The van der Waals surface area contributed by atoms with Crippen LogP contribution >= 0.6 is 0 Å². The molecule has 0 saturated heterocycles. The molecule has 0 unspecified atom stereocenters. The highest BCUT2D eigenvalue weighted by Gasteiger charge is 2.28. The molecule has 1 aliphatic heterocycles. The lowest BCUT2D eigenvalue weighted by atomic mass is 10.00. The van der Waals surface area contributed by atoms with Gasteiger partial charge in [-0.1, -0.05) is 61.7 Å². The first kappa shape index (κ1) is 20.3. The first-order valence-electron chi connectivity index (χ1n) is 9.58. The number of nitrogens with zero attached hydrogens (tertiary/aromatic N) is 2. The number of carbonyl (C=O) groups excluding carboxylic acids is 1. The molecule has 1 heterocycles. The van der Waals surface area contributed by atoms with Crippen molar-refractivity contribution < 1.29 is 19.3 Å². The second-order valence-corrected chi connectivity index (χ2v) is 6.63. The number of rotatable bonds is 9. The van der Waals surface area contributed by atoms with Gasteiger partial charge in [0.05, 0.1) is 17.1 Å². The molecule has 150 valence electrons. The Hall–Kier alpha value is -3.48. The van der Waals surface area contributed by atoms with E-state index in [1.807, 2.05) is 24.3 Å². The number of para-hydroxylation sites is 1. The lowest BCUT2D eigenvalue weighted by Gasteiger charge is -2.09. The summed E-state index contributed by atoms with van der Waals surface area (Å²) in [5, 5.41) is 14.9. The summed E-state index contributed by atoms with van der Waals surface area (Å²) in [7, 11) is 0. The number of benzene rings is 2. The summed E-state index contributed by atoms with van der Waals surface area (Å²) in [5.74, 6) is 0.0545. The van der Waals surface area contributed by atoms with Crippen LogP contribution in [0.1, 0.15) is 43.7 Å². The van der Waals surface area contributed by atoms with Gasteiger partial charge in [0.2, 0.25) is 0 Å². The van der Waals surface area contributed by atoms with Crippen LogP contribution in [0.4, 0.5) is 5.69 Å². The number of non-ortho nitro benzene ring substituents is 1. The van der Waals surface area contributed by atoms with Crippen molar-refractivity contribution in [3.05, 3.63) is 75.3 Å². The van der Waals surface area contributed by atoms with Crippen LogP contribution in [-0.4, -0.2) is 23.2 Å². The Labute approximate surface area is 168 Å². The van der Waals surface area contributed by atoms with Crippen molar-refractivity contribution in [2.45, 2.75) is 32.6 Å². The molecule has 0 radical (unpaired) electrons. The van der Waals surface area contributed by atoms with E-state index in [1.165, 1.54) is 18.6 Å². The first-order chi connectivity index (χ1) is 14.1. The Bertz CT molecular complexity index is 965. The van der Waals surface area contributed by atoms with Crippen LogP contribution in [0.15, 0.2) is 59.3 Å². The summed E-state index contributed by atoms with van der Waals surface area (Å²) >= 11 is 0. The molecule has 29 heavy (non-hydrogen) atoms. The second kappa shape index (κ2) is 9.64. The first-order valence-corrected chi connectivity index (χ1v) is 9.58. The Morgan fingerprint density at radius 3 is 2.76 bits per heavy atom. The van der Waals surface area contributed by atoms with Gasteiger partial charge in [-0.25, -0.2) is 4.79 Å². The van der Waals surface area contributed by atoms with E-state index in [0.29, 0.717) is 17.9 Å². The topological polar surface area (TPSA) is 91.0 Å². The summed E-state index contributed by atoms with van der Waals surface area (Å²) in [4.78, 5) is 27.6. The molecule has 0 N–H and O–H groups in total. The summed E-state index contributed by atoms with van der Waals surface area (Å²) in [5.41, 5.74) is 1.56. The number of nitro benzene ring substituents is 1. The maximum absolute atomic E-state index is 12.2. The fraction of sp³-hybridized carbons (Fsp3) is 0.273. The maximum Gasteiger partial charge on any atom is 0.368 e. The smallest absolute Gasteiger partial charge is 0.368 e. The van der Waals surface area contributed by atoms with Gasteiger partial charge in [-0.2, -0.15) is 0 Å². The zero-order chi connectivity index (χ0) is 20.6.